The van der Waals surface area contributed by atoms with Gasteiger partial charge < -0.3 is 5.32 Å². The number of pyridine rings is 1. The fraction of sp³-hybridized carbons (Fsp3) is 0.179. The normalized spacial score (nSPS) is 18.5. The minimum absolute atomic E-state index is 0.217. The summed E-state index contributed by atoms with van der Waals surface area (Å²) in [5.41, 5.74) is 3.23. The molecule has 212 valence electrons. The van der Waals surface area contributed by atoms with Gasteiger partial charge in [-0.2, -0.15) is 13.5 Å². The minimum Gasteiger partial charge on any atom is -0.309 e. The lowest BCUT2D eigenvalue weighted by Crippen LogP contribution is -2.56. The minimum atomic E-state index is -4.07. The summed E-state index contributed by atoms with van der Waals surface area (Å²) in [5, 5.41) is 7.93. The summed E-state index contributed by atoms with van der Waals surface area (Å²) in [5.74, 6) is -0.419. The third-order valence-electron chi connectivity index (χ3n) is 6.64. The molecule has 0 bridgehead atoms. The number of rotatable bonds is 6. The SMILES string of the molecule is C[C@@H](NC(=O)O[N+]1(S(C)(=O)=O)C/C(=C\c2ccc(F)cc2)c2c(cnn2-c2ccc(Cl)cc2Cl)C1)c1ccccn1. The van der Waals surface area contributed by atoms with Crippen molar-refractivity contribution in [1.82, 2.24) is 20.1 Å². The number of aromatic nitrogens is 3. The second kappa shape index (κ2) is 11.2. The summed E-state index contributed by atoms with van der Waals surface area (Å²) in [7, 11) is -4.07. The highest BCUT2D eigenvalue weighted by Crippen LogP contribution is 2.39. The fourth-order valence-corrected chi connectivity index (χ4v) is 6.07. The van der Waals surface area contributed by atoms with Gasteiger partial charge in [-0.25, -0.2) is 18.7 Å². The first-order valence-corrected chi connectivity index (χ1v) is 15.0. The Morgan fingerprint density at radius 2 is 1.90 bits per heavy atom. The standard InChI is InChI=1S/C28H24Cl2FN5O4S/c1-18(25-5-3-4-12-32-25)34-28(37)40-36(41(2,38)39)16-20(13-19-6-9-23(31)10-7-19)27-21(17-36)15-33-35(27)26-11-8-22(29)14-24(26)30/h3-15,18H,16-17H2,1-2H3/p+1/b20-13+/t18-,36?/m1/s1. The average Bonchev–Trinajstić information content (AvgIpc) is 3.33. The largest absolute Gasteiger partial charge is 0.464 e. The number of hydroxylamine groups is 2. The summed E-state index contributed by atoms with van der Waals surface area (Å²) in [4.78, 5) is 23.1. The quantitative estimate of drug-likeness (QED) is 0.269. The van der Waals surface area contributed by atoms with E-state index in [9.17, 15) is 17.6 Å². The number of sulfonamides is 1. The number of amides is 1. The lowest BCUT2D eigenvalue weighted by atomic mass is 10.0. The number of hydrogen-bond donors (Lipinski definition) is 1. The molecular weight excluding hydrogens is 592 g/mol. The molecule has 0 saturated carbocycles. The Balaban J connectivity index is 1.59. The molecule has 2 atom stereocenters. The average molecular weight is 618 g/mol. The van der Waals surface area contributed by atoms with E-state index in [-0.39, 0.29) is 13.1 Å². The number of hydrogen-bond acceptors (Lipinski definition) is 6. The summed E-state index contributed by atoms with van der Waals surface area (Å²) in [6, 6.07) is 15.4. The Morgan fingerprint density at radius 1 is 1.15 bits per heavy atom. The summed E-state index contributed by atoms with van der Waals surface area (Å²) >= 11 is 12.6. The van der Waals surface area contributed by atoms with E-state index in [1.165, 1.54) is 18.3 Å². The number of fused-ring (bicyclic) bond motifs is 1. The van der Waals surface area contributed by atoms with Crippen LogP contribution in [0.1, 0.15) is 35.5 Å². The monoisotopic (exact) mass is 616 g/mol. The van der Waals surface area contributed by atoms with Crippen molar-refractivity contribution in [2.24, 2.45) is 0 Å². The zero-order chi connectivity index (χ0) is 29.4. The Kier molecular flexibility index (Phi) is 7.89. The first-order chi connectivity index (χ1) is 19.5. The maximum Gasteiger partial charge on any atom is 0.464 e. The van der Waals surface area contributed by atoms with Gasteiger partial charge in [-0.3, -0.25) is 4.98 Å². The van der Waals surface area contributed by atoms with Crippen molar-refractivity contribution < 1.29 is 26.5 Å². The molecule has 1 aliphatic heterocycles. The maximum absolute atomic E-state index is 13.7. The highest BCUT2D eigenvalue weighted by atomic mass is 35.5. The predicted octanol–water partition coefficient (Wildman–Crippen LogP) is 5.95. The number of nitrogens with zero attached hydrogens (tertiary/aromatic N) is 4. The van der Waals surface area contributed by atoms with Gasteiger partial charge in [0.15, 0.2) is 13.1 Å². The van der Waals surface area contributed by atoms with Crippen LogP contribution >= 0.6 is 23.2 Å². The van der Waals surface area contributed by atoms with E-state index in [4.69, 9.17) is 28.0 Å². The highest BCUT2D eigenvalue weighted by Gasteiger charge is 2.50. The molecule has 2 aromatic carbocycles. The Morgan fingerprint density at radius 3 is 2.56 bits per heavy atom. The maximum atomic E-state index is 13.7. The number of carbonyl (C=O) groups excluding carboxylic acids is 1. The van der Waals surface area contributed by atoms with Gasteiger partial charge in [0.2, 0.25) is 0 Å². The first kappa shape index (κ1) is 28.7. The molecule has 9 nitrogen and oxygen atoms in total. The van der Waals surface area contributed by atoms with Crippen LogP contribution in [0.4, 0.5) is 9.18 Å². The fourth-order valence-electron chi connectivity index (χ4n) is 4.63. The van der Waals surface area contributed by atoms with E-state index < -0.39 is 32.0 Å². The molecule has 1 amide bonds. The molecular formula is C28H25Cl2FN5O4S+. The van der Waals surface area contributed by atoms with Crippen LogP contribution in [0.25, 0.3) is 17.3 Å². The van der Waals surface area contributed by atoms with E-state index in [1.54, 1.807) is 72.4 Å². The van der Waals surface area contributed by atoms with Crippen molar-refractivity contribution in [2.75, 3.05) is 12.8 Å². The van der Waals surface area contributed by atoms with Gasteiger partial charge in [0.25, 0.3) is 0 Å². The molecule has 0 saturated heterocycles. The molecule has 3 heterocycles. The lowest BCUT2D eigenvalue weighted by molar-refractivity contribution is -0.993. The van der Waals surface area contributed by atoms with Crippen LogP contribution < -0.4 is 5.32 Å². The zero-order valence-corrected chi connectivity index (χ0v) is 24.3. The van der Waals surface area contributed by atoms with Gasteiger partial charge in [-0.15, -0.1) is 0 Å². The molecule has 0 aliphatic carbocycles. The van der Waals surface area contributed by atoms with Crippen LogP contribution in [0.2, 0.25) is 10.0 Å². The van der Waals surface area contributed by atoms with Crippen LogP contribution in [0.3, 0.4) is 0 Å². The second-order valence-corrected chi connectivity index (χ2v) is 12.6. The molecule has 0 spiro atoms. The number of quaternary nitrogens is 1. The van der Waals surface area contributed by atoms with E-state index in [2.05, 4.69) is 15.4 Å². The molecule has 4 aromatic rings. The number of halogens is 3. The molecule has 0 fully saturated rings. The molecule has 13 heteroatoms. The molecule has 2 aromatic heterocycles. The van der Waals surface area contributed by atoms with Gasteiger partial charge in [-0.05, 0) is 65.1 Å². The molecule has 0 radical (unpaired) electrons. The van der Waals surface area contributed by atoms with Gasteiger partial charge in [0, 0.05) is 16.8 Å². The molecule has 1 unspecified atom stereocenters. The van der Waals surface area contributed by atoms with Crippen molar-refractivity contribution in [3.8, 4) is 5.69 Å². The Labute approximate surface area is 246 Å². The number of nitrogens with one attached hydrogen (secondary N) is 1. The highest BCUT2D eigenvalue weighted by molar-refractivity contribution is 7.85. The molecule has 5 rings (SSSR count). The summed E-state index contributed by atoms with van der Waals surface area (Å²) in [6.45, 7) is 1.24. The van der Waals surface area contributed by atoms with Crippen LogP contribution in [0, 0.1) is 5.82 Å². The van der Waals surface area contributed by atoms with E-state index >= 15 is 0 Å². The lowest BCUT2D eigenvalue weighted by Gasteiger charge is -2.35. The Hall–Kier alpha value is -3.77. The van der Waals surface area contributed by atoms with Crippen LogP contribution in [0.5, 0.6) is 0 Å². The predicted molar refractivity (Wildman–Crippen MR) is 154 cm³/mol. The third-order valence-corrected chi connectivity index (χ3v) is 8.72. The van der Waals surface area contributed by atoms with Crippen molar-refractivity contribution in [1.29, 1.82) is 0 Å². The molecule has 1 N–H and O–H groups in total. The van der Waals surface area contributed by atoms with E-state index in [0.29, 0.717) is 43.8 Å². The van der Waals surface area contributed by atoms with Crippen LogP contribution in [-0.2, 0) is 21.4 Å². The van der Waals surface area contributed by atoms with E-state index in [0.717, 1.165) is 6.26 Å². The summed E-state index contributed by atoms with van der Waals surface area (Å²) < 4.78 is 40.9. The van der Waals surface area contributed by atoms with Crippen molar-refractivity contribution >= 4 is 51.0 Å². The zero-order valence-electron chi connectivity index (χ0n) is 22.0. The molecule has 41 heavy (non-hydrogen) atoms. The van der Waals surface area contributed by atoms with Gasteiger partial charge in [0.05, 0.1) is 46.2 Å². The van der Waals surface area contributed by atoms with Crippen molar-refractivity contribution in [3.63, 3.8) is 0 Å². The van der Waals surface area contributed by atoms with Crippen LogP contribution in [-0.4, -0.2) is 46.1 Å². The van der Waals surface area contributed by atoms with Gasteiger partial charge in [0.1, 0.15) is 5.82 Å². The third kappa shape index (κ3) is 5.98. The van der Waals surface area contributed by atoms with Gasteiger partial charge in [-0.1, -0.05) is 41.4 Å². The number of benzene rings is 2. The van der Waals surface area contributed by atoms with Gasteiger partial charge >= 0.3 is 16.1 Å². The first-order valence-electron chi connectivity index (χ1n) is 12.4. The Bertz CT molecular complexity index is 1750. The summed E-state index contributed by atoms with van der Waals surface area (Å²) in [6.07, 6.45) is 4.87. The van der Waals surface area contributed by atoms with E-state index in [1.807, 2.05) is 0 Å². The topological polar surface area (TPSA) is 103 Å². The van der Waals surface area contributed by atoms with Crippen molar-refractivity contribution in [3.05, 3.63) is 111 Å². The molecule has 1 aliphatic rings. The second-order valence-electron chi connectivity index (χ2n) is 9.61. The number of carbonyl (C=O) groups is 1. The van der Waals surface area contributed by atoms with Crippen molar-refractivity contribution in [2.45, 2.75) is 19.5 Å². The smallest absolute Gasteiger partial charge is 0.309 e. The van der Waals surface area contributed by atoms with Crippen LogP contribution in [0.15, 0.2) is 73.1 Å².